The zero-order valence-electron chi connectivity index (χ0n) is 19.9. The van der Waals surface area contributed by atoms with E-state index in [1.807, 2.05) is 40.9 Å². The molecule has 2 aromatic heterocycles. The van der Waals surface area contributed by atoms with Gasteiger partial charge in [-0.15, -0.1) is 0 Å². The fraction of sp³-hybridized carbons (Fsp3) is 0.615. The lowest BCUT2D eigenvalue weighted by atomic mass is 9.85. The van der Waals surface area contributed by atoms with Crippen LogP contribution in [0, 0.1) is 18.8 Å². The van der Waals surface area contributed by atoms with Crippen LogP contribution < -0.4 is 4.74 Å². The highest BCUT2D eigenvalue weighted by Gasteiger charge is 2.26. The molecule has 33 heavy (non-hydrogen) atoms. The molecule has 0 aromatic carbocycles. The number of nitrogens with zero attached hydrogens (tertiary/aromatic N) is 4. The molecule has 0 bridgehead atoms. The molecule has 1 aliphatic carbocycles. The zero-order chi connectivity index (χ0) is 23.2. The summed E-state index contributed by atoms with van der Waals surface area (Å²) in [6.45, 7) is 5.95. The van der Waals surface area contributed by atoms with Crippen LogP contribution in [0.15, 0.2) is 30.6 Å². The Labute approximate surface area is 196 Å². The molecule has 7 nitrogen and oxygen atoms in total. The van der Waals surface area contributed by atoms with Crippen molar-refractivity contribution in [3.63, 3.8) is 0 Å². The first-order chi connectivity index (χ1) is 16.0. The Morgan fingerprint density at radius 1 is 1.06 bits per heavy atom. The first-order valence-corrected chi connectivity index (χ1v) is 12.4. The molecule has 0 atom stereocenters. The number of ketones is 1. The number of rotatable bonds is 8. The van der Waals surface area contributed by atoms with Crippen molar-refractivity contribution in [1.82, 2.24) is 19.7 Å². The summed E-state index contributed by atoms with van der Waals surface area (Å²) >= 11 is 0. The zero-order valence-corrected chi connectivity index (χ0v) is 19.9. The third kappa shape index (κ3) is 6.42. The third-order valence-electron chi connectivity index (χ3n) is 7.14. The van der Waals surface area contributed by atoms with Crippen molar-refractivity contribution in [2.75, 3.05) is 13.1 Å². The summed E-state index contributed by atoms with van der Waals surface area (Å²) in [7, 11) is 0. The van der Waals surface area contributed by atoms with Crippen LogP contribution >= 0.6 is 0 Å². The van der Waals surface area contributed by atoms with Gasteiger partial charge in [0.05, 0.1) is 0 Å². The number of carbonyl (C=O) groups is 2. The summed E-state index contributed by atoms with van der Waals surface area (Å²) in [4.78, 5) is 30.4. The molecule has 3 heterocycles. The number of piperidine rings is 1. The van der Waals surface area contributed by atoms with Crippen LogP contribution in [0.25, 0.3) is 0 Å². The topological polar surface area (TPSA) is 77.3 Å². The van der Waals surface area contributed by atoms with Crippen LogP contribution in [-0.2, 0) is 11.3 Å². The first kappa shape index (κ1) is 23.5. The van der Waals surface area contributed by atoms with E-state index in [0.29, 0.717) is 37.0 Å². The van der Waals surface area contributed by atoms with Gasteiger partial charge in [0.2, 0.25) is 5.88 Å². The molecule has 2 fully saturated rings. The van der Waals surface area contributed by atoms with E-state index in [2.05, 4.69) is 10.1 Å². The van der Waals surface area contributed by atoms with Crippen LogP contribution in [0.4, 0.5) is 0 Å². The van der Waals surface area contributed by atoms with Gasteiger partial charge >= 0.3 is 0 Å². The number of likely N-dealkylation sites (tertiary alicyclic amines) is 1. The van der Waals surface area contributed by atoms with Gasteiger partial charge in [-0.05, 0) is 82.8 Å². The van der Waals surface area contributed by atoms with E-state index in [4.69, 9.17) is 4.74 Å². The maximum atomic E-state index is 12.8. The van der Waals surface area contributed by atoms with E-state index >= 15 is 0 Å². The molecule has 1 saturated carbocycles. The lowest BCUT2D eigenvalue weighted by Crippen LogP contribution is -2.39. The van der Waals surface area contributed by atoms with E-state index in [1.165, 1.54) is 0 Å². The highest BCUT2D eigenvalue weighted by molar-refractivity contribution is 5.92. The number of aromatic nitrogens is 3. The molecule has 4 rings (SSSR count). The van der Waals surface area contributed by atoms with Crippen LogP contribution in [0.5, 0.6) is 5.88 Å². The molecule has 7 heteroatoms. The normalized spacial score (nSPS) is 21.7. The molecule has 0 spiro atoms. The van der Waals surface area contributed by atoms with Gasteiger partial charge in [-0.3, -0.25) is 9.48 Å². The second-order valence-electron chi connectivity index (χ2n) is 9.78. The molecule has 178 valence electrons. The molecular weight excluding hydrogens is 416 g/mol. The van der Waals surface area contributed by atoms with E-state index in [1.54, 1.807) is 13.1 Å². The minimum absolute atomic E-state index is 0.0116. The number of pyridine rings is 1. The van der Waals surface area contributed by atoms with Crippen molar-refractivity contribution in [3.8, 4) is 5.88 Å². The van der Waals surface area contributed by atoms with Gasteiger partial charge in [-0.1, -0.05) is 6.07 Å². The number of aryl methyl sites for hydroxylation is 2. The summed E-state index contributed by atoms with van der Waals surface area (Å²) in [6.07, 6.45) is 11.9. The number of hydrogen-bond donors (Lipinski definition) is 0. The van der Waals surface area contributed by atoms with Crippen molar-refractivity contribution >= 4 is 11.7 Å². The van der Waals surface area contributed by atoms with E-state index in [-0.39, 0.29) is 17.8 Å². The average Bonchev–Trinajstić information content (AvgIpc) is 3.29. The van der Waals surface area contributed by atoms with Crippen molar-refractivity contribution in [3.05, 3.63) is 41.9 Å². The quantitative estimate of drug-likeness (QED) is 0.592. The Morgan fingerprint density at radius 3 is 2.52 bits per heavy atom. The second-order valence-corrected chi connectivity index (χ2v) is 9.78. The smallest absolute Gasteiger partial charge is 0.274 e. The Kier molecular flexibility index (Phi) is 7.78. The summed E-state index contributed by atoms with van der Waals surface area (Å²) < 4.78 is 8.03. The van der Waals surface area contributed by atoms with Gasteiger partial charge in [-0.25, -0.2) is 4.98 Å². The SMILES string of the molecule is CC(=O)CC1CCN(C(=O)c2ccn(CCC3CCC(Oc4ncccc4C)CC3)n2)CC1. The molecule has 2 aromatic rings. The maximum absolute atomic E-state index is 12.8. The summed E-state index contributed by atoms with van der Waals surface area (Å²) in [5.41, 5.74) is 1.62. The Morgan fingerprint density at radius 2 is 1.82 bits per heavy atom. The van der Waals surface area contributed by atoms with Gasteiger partial charge in [0.25, 0.3) is 5.91 Å². The number of ether oxygens (including phenoxy) is 1. The highest BCUT2D eigenvalue weighted by atomic mass is 16.5. The largest absolute Gasteiger partial charge is 0.474 e. The Balaban J connectivity index is 1.19. The lowest BCUT2D eigenvalue weighted by Gasteiger charge is -2.31. The fourth-order valence-electron chi connectivity index (χ4n) is 5.11. The fourth-order valence-corrected chi connectivity index (χ4v) is 5.11. The van der Waals surface area contributed by atoms with Gasteiger partial charge in [-0.2, -0.15) is 5.10 Å². The Hall–Kier alpha value is -2.70. The molecule has 0 N–H and O–H groups in total. The van der Waals surface area contributed by atoms with Gasteiger partial charge < -0.3 is 14.4 Å². The van der Waals surface area contributed by atoms with Crippen LogP contribution in [0.3, 0.4) is 0 Å². The van der Waals surface area contributed by atoms with E-state index < -0.39 is 0 Å². The molecule has 1 amide bonds. The minimum atomic E-state index is 0.0116. The Bertz CT molecular complexity index is 941. The predicted molar refractivity (Wildman–Crippen MR) is 126 cm³/mol. The second kappa shape index (κ2) is 10.9. The maximum Gasteiger partial charge on any atom is 0.274 e. The van der Waals surface area contributed by atoms with Gasteiger partial charge in [0, 0.05) is 44.0 Å². The molecule has 1 saturated heterocycles. The average molecular weight is 453 g/mol. The van der Waals surface area contributed by atoms with Crippen molar-refractivity contribution in [2.45, 2.75) is 77.9 Å². The number of hydrogen-bond acceptors (Lipinski definition) is 5. The summed E-state index contributed by atoms with van der Waals surface area (Å²) in [5, 5.41) is 4.56. The van der Waals surface area contributed by atoms with Crippen molar-refractivity contribution < 1.29 is 14.3 Å². The molecule has 0 radical (unpaired) electrons. The summed E-state index contributed by atoms with van der Waals surface area (Å²) in [5.74, 6) is 2.09. The first-order valence-electron chi connectivity index (χ1n) is 12.4. The van der Waals surface area contributed by atoms with Crippen LogP contribution in [0.1, 0.15) is 74.3 Å². The standard InChI is InChI=1S/C26H36N4O3/c1-19-4-3-13-27-25(19)33-23-7-5-21(6-8-23)11-16-30-17-12-24(28-30)26(32)29-14-9-22(10-15-29)18-20(2)31/h3-4,12-13,17,21-23H,5-11,14-16,18H2,1-2H3. The molecular formula is C26H36N4O3. The molecule has 0 unspecified atom stereocenters. The van der Waals surface area contributed by atoms with Crippen molar-refractivity contribution in [1.29, 1.82) is 0 Å². The van der Waals surface area contributed by atoms with Gasteiger partial charge in [0.1, 0.15) is 17.6 Å². The minimum Gasteiger partial charge on any atom is -0.474 e. The third-order valence-corrected chi connectivity index (χ3v) is 7.14. The van der Waals surface area contributed by atoms with Crippen LogP contribution in [0.2, 0.25) is 0 Å². The van der Waals surface area contributed by atoms with Gasteiger partial charge in [0.15, 0.2) is 0 Å². The molecule has 2 aliphatic rings. The number of Topliss-reactive ketones (excluding diaryl/α,β-unsaturated/α-hetero) is 1. The van der Waals surface area contributed by atoms with Crippen molar-refractivity contribution in [2.24, 2.45) is 11.8 Å². The molecule has 1 aliphatic heterocycles. The predicted octanol–water partition coefficient (Wildman–Crippen LogP) is 4.45. The van der Waals surface area contributed by atoms with E-state index in [0.717, 1.165) is 62.9 Å². The number of carbonyl (C=O) groups excluding carboxylic acids is 2. The lowest BCUT2D eigenvalue weighted by molar-refractivity contribution is -0.118. The summed E-state index contributed by atoms with van der Waals surface area (Å²) in [6, 6.07) is 5.81. The monoisotopic (exact) mass is 452 g/mol. The van der Waals surface area contributed by atoms with E-state index in [9.17, 15) is 9.59 Å². The number of amides is 1. The van der Waals surface area contributed by atoms with Crippen LogP contribution in [-0.4, -0.2) is 50.5 Å². The highest BCUT2D eigenvalue weighted by Crippen LogP contribution is 2.30.